The molecule has 0 aliphatic heterocycles. The van der Waals surface area contributed by atoms with E-state index in [9.17, 15) is 4.79 Å². The third kappa shape index (κ3) is 3.25. The van der Waals surface area contributed by atoms with Crippen molar-refractivity contribution < 1.29 is 14.3 Å². The molecular weight excluding hydrogens is 228 g/mol. The largest absolute Gasteiger partial charge is 0.492 e. The zero-order chi connectivity index (χ0) is 13.9. The summed E-state index contributed by atoms with van der Waals surface area (Å²) in [5.74, 6) is 0.578. The smallest absolute Gasteiger partial charge is 0.314 e. The first-order valence-electron chi connectivity index (χ1n) is 6.07. The van der Waals surface area contributed by atoms with Gasteiger partial charge in [0, 0.05) is 0 Å². The summed E-state index contributed by atoms with van der Waals surface area (Å²) in [6.45, 7) is 10.1. The fourth-order valence-electron chi connectivity index (χ4n) is 1.74. The topological polar surface area (TPSA) is 35.5 Å². The average molecular weight is 250 g/mol. The molecule has 18 heavy (non-hydrogen) atoms. The van der Waals surface area contributed by atoms with Crippen LogP contribution in [-0.4, -0.2) is 19.7 Å². The second-order valence-corrected chi connectivity index (χ2v) is 5.37. The Labute approximate surface area is 109 Å². The van der Waals surface area contributed by atoms with Crippen LogP contribution in [0.2, 0.25) is 0 Å². The van der Waals surface area contributed by atoms with Gasteiger partial charge in [-0.25, -0.2) is 0 Å². The molecule has 0 aliphatic rings. The molecule has 0 radical (unpaired) electrons. The SMILES string of the molecule is COC(=O)C(C)(C)COc1cc(C)cc(C)c1C. The Morgan fingerprint density at radius 2 is 1.83 bits per heavy atom. The summed E-state index contributed by atoms with van der Waals surface area (Å²) >= 11 is 0. The highest BCUT2D eigenvalue weighted by molar-refractivity contribution is 5.75. The molecule has 0 saturated heterocycles. The van der Waals surface area contributed by atoms with E-state index in [0.29, 0.717) is 6.61 Å². The Hall–Kier alpha value is -1.51. The fourth-order valence-corrected chi connectivity index (χ4v) is 1.74. The van der Waals surface area contributed by atoms with Crippen molar-refractivity contribution in [3.05, 3.63) is 28.8 Å². The molecule has 1 rings (SSSR count). The summed E-state index contributed by atoms with van der Waals surface area (Å²) in [7, 11) is 1.39. The average Bonchev–Trinajstić information content (AvgIpc) is 2.30. The quantitative estimate of drug-likeness (QED) is 0.770. The van der Waals surface area contributed by atoms with Crippen molar-refractivity contribution in [2.45, 2.75) is 34.6 Å². The molecule has 0 saturated carbocycles. The monoisotopic (exact) mass is 250 g/mol. The Bertz CT molecular complexity index is 447. The van der Waals surface area contributed by atoms with E-state index in [1.165, 1.54) is 12.7 Å². The van der Waals surface area contributed by atoms with Crippen LogP contribution in [0.4, 0.5) is 0 Å². The number of methoxy groups -OCH3 is 1. The molecule has 0 atom stereocenters. The summed E-state index contributed by atoms with van der Waals surface area (Å²) < 4.78 is 10.5. The predicted molar refractivity (Wildman–Crippen MR) is 71.9 cm³/mol. The van der Waals surface area contributed by atoms with E-state index in [0.717, 1.165) is 16.9 Å². The Morgan fingerprint density at radius 1 is 1.22 bits per heavy atom. The molecule has 3 heteroatoms. The first-order valence-corrected chi connectivity index (χ1v) is 6.07. The van der Waals surface area contributed by atoms with E-state index in [2.05, 4.69) is 13.0 Å². The Kier molecular flexibility index (Phi) is 4.38. The normalized spacial score (nSPS) is 11.2. The molecule has 100 valence electrons. The predicted octanol–water partition coefficient (Wildman–Crippen LogP) is 3.19. The number of ether oxygens (including phenoxy) is 2. The standard InChI is InChI=1S/C15H22O3/c1-10-7-11(2)12(3)13(8-10)18-9-15(4,5)14(16)17-6/h7-8H,9H2,1-6H3. The number of esters is 1. The van der Waals surface area contributed by atoms with Gasteiger partial charge in [0.15, 0.2) is 0 Å². The number of carbonyl (C=O) groups excluding carboxylic acids is 1. The van der Waals surface area contributed by atoms with Gasteiger partial charge in [0.25, 0.3) is 0 Å². The minimum absolute atomic E-state index is 0.260. The summed E-state index contributed by atoms with van der Waals surface area (Å²) in [6, 6.07) is 4.11. The molecule has 0 spiro atoms. The minimum atomic E-state index is -0.640. The Morgan fingerprint density at radius 3 is 2.39 bits per heavy atom. The second-order valence-electron chi connectivity index (χ2n) is 5.37. The van der Waals surface area contributed by atoms with Crippen molar-refractivity contribution in [1.82, 2.24) is 0 Å². The summed E-state index contributed by atoms with van der Waals surface area (Å²) in [4.78, 5) is 11.6. The molecule has 0 heterocycles. The molecule has 0 bridgehead atoms. The number of carbonyl (C=O) groups is 1. The van der Waals surface area contributed by atoms with Gasteiger partial charge >= 0.3 is 5.97 Å². The van der Waals surface area contributed by atoms with E-state index in [-0.39, 0.29) is 5.97 Å². The molecule has 3 nitrogen and oxygen atoms in total. The lowest BCUT2D eigenvalue weighted by Gasteiger charge is -2.22. The van der Waals surface area contributed by atoms with Crippen LogP contribution in [0, 0.1) is 26.2 Å². The number of aryl methyl sites for hydroxylation is 2. The van der Waals surface area contributed by atoms with Crippen molar-refractivity contribution in [3.63, 3.8) is 0 Å². The second kappa shape index (κ2) is 5.42. The van der Waals surface area contributed by atoms with Crippen LogP contribution in [0.15, 0.2) is 12.1 Å². The van der Waals surface area contributed by atoms with Crippen LogP contribution < -0.4 is 4.74 Å². The van der Waals surface area contributed by atoms with E-state index < -0.39 is 5.41 Å². The molecular formula is C15H22O3. The number of hydrogen-bond donors (Lipinski definition) is 0. The van der Waals surface area contributed by atoms with Crippen molar-refractivity contribution >= 4 is 5.97 Å². The highest BCUT2D eigenvalue weighted by Crippen LogP contribution is 2.26. The van der Waals surface area contributed by atoms with E-state index >= 15 is 0 Å². The van der Waals surface area contributed by atoms with Gasteiger partial charge in [-0.1, -0.05) is 6.07 Å². The van der Waals surface area contributed by atoms with E-state index in [1.54, 1.807) is 0 Å². The van der Waals surface area contributed by atoms with Crippen LogP contribution in [0.5, 0.6) is 5.75 Å². The summed E-state index contributed by atoms with van der Waals surface area (Å²) in [6.07, 6.45) is 0. The third-order valence-electron chi connectivity index (χ3n) is 3.09. The molecule has 0 aromatic heterocycles. The number of benzene rings is 1. The van der Waals surface area contributed by atoms with Gasteiger partial charge in [0.05, 0.1) is 12.5 Å². The Balaban J connectivity index is 2.84. The molecule has 1 aromatic rings. The van der Waals surface area contributed by atoms with Crippen LogP contribution in [-0.2, 0) is 9.53 Å². The number of hydrogen-bond acceptors (Lipinski definition) is 3. The maximum Gasteiger partial charge on any atom is 0.314 e. The maximum atomic E-state index is 11.6. The van der Waals surface area contributed by atoms with Gasteiger partial charge in [0.2, 0.25) is 0 Å². The lowest BCUT2D eigenvalue weighted by Crippen LogP contribution is -2.32. The lowest BCUT2D eigenvalue weighted by atomic mass is 9.95. The summed E-state index contributed by atoms with van der Waals surface area (Å²) in [5, 5.41) is 0. The minimum Gasteiger partial charge on any atom is -0.492 e. The first-order chi connectivity index (χ1) is 8.27. The van der Waals surface area contributed by atoms with Crippen LogP contribution in [0.3, 0.4) is 0 Å². The molecule has 0 fully saturated rings. The van der Waals surface area contributed by atoms with Crippen molar-refractivity contribution in [1.29, 1.82) is 0 Å². The van der Waals surface area contributed by atoms with Gasteiger partial charge in [-0.15, -0.1) is 0 Å². The zero-order valence-corrected chi connectivity index (χ0v) is 12.1. The van der Waals surface area contributed by atoms with Gasteiger partial charge in [-0.2, -0.15) is 0 Å². The lowest BCUT2D eigenvalue weighted by molar-refractivity contribution is -0.152. The van der Waals surface area contributed by atoms with Gasteiger partial charge in [0.1, 0.15) is 12.4 Å². The molecule has 0 unspecified atom stereocenters. The van der Waals surface area contributed by atoms with Crippen LogP contribution in [0.25, 0.3) is 0 Å². The highest BCUT2D eigenvalue weighted by atomic mass is 16.5. The third-order valence-corrected chi connectivity index (χ3v) is 3.09. The highest BCUT2D eigenvalue weighted by Gasteiger charge is 2.30. The molecule has 0 amide bonds. The maximum absolute atomic E-state index is 11.6. The molecule has 1 aromatic carbocycles. The summed E-state index contributed by atoms with van der Waals surface area (Å²) in [5.41, 5.74) is 2.82. The van der Waals surface area contributed by atoms with E-state index in [1.807, 2.05) is 33.8 Å². The van der Waals surface area contributed by atoms with E-state index in [4.69, 9.17) is 9.47 Å². The van der Waals surface area contributed by atoms with Crippen molar-refractivity contribution in [2.24, 2.45) is 5.41 Å². The van der Waals surface area contributed by atoms with Crippen LogP contribution >= 0.6 is 0 Å². The van der Waals surface area contributed by atoms with Crippen molar-refractivity contribution in [2.75, 3.05) is 13.7 Å². The first kappa shape index (κ1) is 14.6. The van der Waals surface area contributed by atoms with Gasteiger partial charge in [-0.05, 0) is 57.4 Å². The fraction of sp³-hybridized carbons (Fsp3) is 0.533. The van der Waals surface area contributed by atoms with Gasteiger partial charge in [-0.3, -0.25) is 4.79 Å². The van der Waals surface area contributed by atoms with Crippen LogP contribution in [0.1, 0.15) is 30.5 Å². The van der Waals surface area contributed by atoms with Gasteiger partial charge < -0.3 is 9.47 Å². The number of rotatable bonds is 4. The molecule has 0 N–H and O–H groups in total. The zero-order valence-electron chi connectivity index (χ0n) is 12.1. The molecule has 0 aliphatic carbocycles. The van der Waals surface area contributed by atoms with Crippen molar-refractivity contribution in [3.8, 4) is 5.75 Å².